The molecule has 0 saturated heterocycles. The van der Waals surface area contributed by atoms with Crippen LogP contribution in [0.3, 0.4) is 0 Å². The molecule has 0 aliphatic carbocycles. The fourth-order valence-corrected chi connectivity index (χ4v) is 2.98. The molecule has 0 spiro atoms. The molecular formula is C16H35N. The van der Waals surface area contributed by atoms with E-state index in [9.17, 15) is 0 Å². The van der Waals surface area contributed by atoms with Crippen LogP contribution in [0.15, 0.2) is 0 Å². The minimum absolute atomic E-state index is 0.290. The highest BCUT2D eigenvalue weighted by molar-refractivity contribution is 4.90. The summed E-state index contributed by atoms with van der Waals surface area (Å²) in [5.74, 6) is 0.734. The van der Waals surface area contributed by atoms with Gasteiger partial charge in [-0.05, 0) is 51.5 Å². The molecule has 104 valence electrons. The third-order valence-corrected chi connectivity index (χ3v) is 4.69. The van der Waals surface area contributed by atoms with Crippen molar-refractivity contribution in [1.82, 2.24) is 4.90 Å². The van der Waals surface area contributed by atoms with Gasteiger partial charge in [0, 0.05) is 11.6 Å². The molecule has 0 radical (unpaired) electrons. The van der Waals surface area contributed by atoms with E-state index in [2.05, 4.69) is 67.2 Å². The molecule has 1 unspecified atom stereocenters. The Kier molecular flexibility index (Phi) is 6.21. The van der Waals surface area contributed by atoms with Crippen molar-refractivity contribution < 1.29 is 0 Å². The highest BCUT2D eigenvalue weighted by Crippen LogP contribution is 2.38. The molecule has 0 rings (SSSR count). The van der Waals surface area contributed by atoms with Gasteiger partial charge < -0.3 is 0 Å². The molecule has 1 nitrogen and oxygen atoms in total. The Bertz CT molecular complexity index is 216. The van der Waals surface area contributed by atoms with E-state index in [1.54, 1.807) is 0 Å². The van der Waals surface area contributed by atoms with Gasteiger partial charge in [-0.15, -0.1) is 0 Å². The topological polar surface area (TPSA) is 3.24 Å². The largest absolute Gasteiger partial charge is 0.296 e. The first kappa shape index (κ1) is 17.0. The smallest absolute Gasteiger partial charge is 0.0161 e. The van der Waals surface area contributed by atoms with Gasteiger partial charge in [0.1, 0.15) is 0 Å². The lowest BCUT2D eigenvalue weighted by molar-refractivity contribution is 0.0291. The molecule has 0 saturated carbocycles. The van der Waals surface area contributed by atoms with E-state index in [0.717, 1.165) is 12.5 Å². The Morgan fingerprint density at radius 2 is 1.41 bits per heavy atom. The highest BCUT2D eigenvalue weighted by atomic mass is 15.2. The summed E-state index contributed by atoms with van der Waals surface area (Å²) in [5.41, 5.74) is 0.697. The Morgan fingerprint density at radius 3 is 1.71 bits per heavy atom. The van der Waals surface area contributed by atoms with Gasteiger partial charge in [0.15, 0.2) is 0 Å². The molecule has 1 atom stereocenters. The van der Waals surface area contributed by atoms with E-state index in [-0.39, 0.29) is 5.54 Å². The summed E-state index contributed by atoms with van der Waals surface area (Å²) < 4.78 is 0. The third-order valence-electron chi connectivity index (χ3n) is 4.69. The lowest BCUT2D eigenvalue weighted by Gasteiger charge is -2.47. The minimum Gasteiger partial charge on any atom is -0.296 e. The zero-order chi connectivity index (χ0) is 13.9. The zero-order valence-corrected chi connectivity index (χ0v) is 13.7. The van der Waals surface area contributed by atoms with E-state index >= 15 is 0 Å². The summed E-state index contributed by atoms with van der Waals surface area (Å²) in [7, 11) is 0. The van der Waals surface area contributed by atoms with Gasteiger partial charge >= 0.3 is 0 Å². The first-order chi connectivity index (χ1) is 7.58. The lowest BCUT2D eigenvalue weighted by atomic mass is 9.72. The summed E-state index contributed by atoms with van der Waals surface area (Å²) in [5, 5.41) is 0. The van der Waals surface area contributed by atoms with Crippen LogP contribution in [0.1, 0.15) is 75.2 Å². The summed E-state index contributed by atoms with van der Waals surface area (Å²) in [6.45, 7) is 22.4. The molecule has 0 amide bonds. The van der Waals surface area contributed by atoms with Crippen LogP contribution in [0.2, 0.25) is 0 Å². The third kappa shape index (κ3) is 4.62. The van der Waals surface area contributed by atoms with Crippen molar-refractivity contribution in [3.63, 3.8) is 0 Å². The van der Waals surface area contributed by atoms with Crippen molar-refractivity contribution in [2.75, 3.05) is 6.54 Å². The summed E-state index contributed by atoms with van der Waals surface area (Å²) >= 11 is 0. The predicted octanol–water partition coefficient (Wildman–Crippen LogP) is 4.96. The molecule has 0 aromatic heterocycles. The average molecular weight is 241 g/mol. The highest BCUT2D eigenvalue weighted by Gasteiger charge is 2.36. The molecule has 0 fully saturated rings. The van der Waals surface area contributed by atoms with E-state index in [0.29, 0.717) is 11.5 Å². The first-order valence-electron chi connectivity index (χ1n) is 7.35. The van der Waals surface area contributed by atoms with Gasteiger partial charge in [-0.3, -0.25) is 4.90 Å². The Morgan fingerprint density at radius 1 is 0.941 bits per heavy atom. The van der Waals surface area contributed by atoms with Crippen LogP contribution in [-0.2, 0) is 0 Å². The summed E-state index contributed by atoms with van der Waals surface area (Å²) in [6, 6.07) is 0.679. The second-order valence-electron chi connectivity index (χ2n) is 7.18. The quantitative estimate of drug-likeness (QED) is 0.609. The maximum Gasteiger partial charge on any atom is 0.0161 e. The van der Waals surface area contributed by atoms with Crippen LogP contribution in [-0.4, -0.2) is 23.0 Å². The number of hydrogen-bond acceptors (Lipinski definition) is 1. The van der Waals surface area contributed by atoms with Crippen molar-refractivity contribution in [2.24, 2.45) is 11.3 Å². The standard InChI is InChI=1S/C16H35N/c1-10-14(5)17(11-2)16(8,9)12-15(6,7)13(3)4/h13-14H,10-12H2,1-9H3. The summed E-state index contributed by atoms with van der Waals surface area (Å²) in [4.78, 5) is 2.66. The van der Waals surface area contributed by atoms with Crippen LogP contribution in [0, 0.1) is 11.3 Å². The normalized spacial score (nSPS) is 15.7. The van der Waals surface area contributed by atoms with E-state index < -0.39 is 0 Å². The predicted molar refractivity (Wildman–Crippen MR) is 79.4 cm³/mol. The molecule has 0 bridgehead atoms. The van der Waals surface area contributed by atoms with E-state index in [4.69, 9.17) is 0 Å². The van der Waals surface area contributed by atoms with Crippen molar-refractivity contribution in [2.45, 2.75) is 86.7 Å². The van der Waals surface area contributed by atoms with Crippen LogP contribution in [0.5, 0.6) is 0 Å². The van der Waals surface area contributed by atoms with Gasteiger partial charge in [0.2, 0.25) is 0 Å². The Hall–Kier alpha value is -0.0400. The number of rotatable bonds is 7. The summed E-state index contributed by atoms with van der Waals surface area (Å²) in [6.07, 6.45) is 2.50. The molecule has 0 heterocycles. The minimum atomic E-state index is 0.290. The maximum atomic E-state index is 2.66. The fourth-order valence-electron chi connectivity index (χ4n) is 2.98. The Labute approximate surface area is 110 Å². The average Bonchev–Trinajstić information content (AvgIpc) is 2.15. The van der Waals surface area contributed by atoms with Crippen LogP contribution < -0.4 is 0 Å². The molecular weight excluding hydrogens is 206 g/mol. The lowest BCUT2D eigenvalue weighted by Crippen LogP contribution is -2.51. The molecule has 0 aromatic rings. The van der Waals surface area contributed by atoms with Gasteiger partial charge in [0.05, 0.1) is 0 Å². The molecule has 1 heteroatoms. The van der Waals surface area contributed by atoms with Crippen molar-refractivity contribution in [3.8, 4) is 0 Å². The maximum absolute atomic E-state index is 2.66. The van der Waals surface area contributed by atoms with Crippen LogP contribution >= 0.6 is 0 Å². The molecule has 0 aliphatic rings. The number of nitrogens with zero attached hydrogens (tertiary/aromatic N) is 1. The van der Waals surface area contributed by atoms with Gasteiger partial charge in [-0.1, -0.05) is 41.5 Å². The molecule has 0 aliphatic heterocycles. The van der Waals surface area contributed by atoms with Crippen LogP contribution in [0.4, 0.5) is 0 Å². The van der Waals surface area contributed by atoms with E-state index in [1.165, 1.54) is 12.8 Å². The zero-order valence-electron chi connectivity index (χ0n) is 13.7. The van der Waals surface area contributed by atoms with Gasteiger partial charge in [-0.2, -0.15) is 0 Å². The van der Waals surface area contributed by atoms with Crippen LogP contribution in [0.25, 0.3) is 0 Å². The second kappa shape index (κ2) is 6.22. The van der Waals surface area contributed by atoms with E-state index in [1.807, 2.05) is 0 Å². The monoisotopic (exact) mass is 241 g/mol. The van der Waals surface area contributed by atoms with Crippen molar-refractivity contribution in [3.05, 3.63) is 0 Å². The van der Waals surface area contributed by atoms with Crippen molar-refractivity contribution >= 4 is 0 Å². The first-order valence-corrected chi connectivity index (χ1v) is 7.35. The van der Waals surface area contributed by atoms with Crippen molar-refractivity contribution in [1.29, 1.82) is 0 Å². The fraction of sp³-hybridized carbons (Fsp3) is 1.00. The van der Waals surface area contributed by atoms with Gasteiger partial charge in [-0.25, -0.2) is 0 Å². The molecule has 0 aromatic carbocycles. The second-order valence-corrected chi connectivity index (χ2v) is 7.18. The Balaban J connectivity index is 4.86. The SMILES string of the molecule is CCC(C)N(CC)C(C)(C)CC(C)(C)C(C)C. The number of hydrogen-bond donors (Lipinski definition) is 0. The molecule has 17 heavy (non-hydrogen) atoms. The van der Waals surface area contributed by atoms with Gasteiger partial charge in [0.25, 0.3) is 0 Å². The molecule has 0 N–H and O–H groups in total.